The van der Waals surface area contributed by atoms with Crippen LogP contribution in [-0.4, -0.2) is 32.0 Å². The van der Waals surface area contributed by atoms with Gasteiger partial charge in [-0.15, -0.1) is 0 Å². The standard InChI is InChI=1S/C13H18N6O/c14-13-18-11-10(12(20)19-13)16-9(17-11)5-6-3-7-1-2-8(4-6)15-7/h6-8,15H,1-5H2,(H4,14,16,17,18,19,20). The number of fused-ring (bicyclic) bond motifs is 3. The highest BCUT2D eigenvalue weighted by Gasteiger charge is 2.33. The van der Waals surface area contributed by atoms with E-state index in [2.05, 4.69) is 25.3 Å². The Morgan fingerprint density at radius 2 is 1.90 bits per heavy atom. The zero-order valence-corrected chi connectivity index (χ0v) is 11.1. The fraction of sp³-hybridized carbons (Fsp3) is 0.615. The third-order valence-electron chi connectivity index (χ3n) is 4.48. The molecule has 2 bridgehead atoms. The van der Waals surface area contributed by atoms with Gasteiger partial charge in [0.05, 0.1) is 0 Å². The zero-order valence-electron chi connectivity index (χ0n) is 11.1. The number of aromatic amines is 2. The molecule has 2 fully saturated rings. The van der Waals surface area contributed by atoms with Crippen LogP contribution in [0, 0.1) is 5.92 Å². The van der Waals surface area contributed by atoms with E-state index < -0.39 is 0 Å². The maximum atomic E-state index is 11.8. The molecule has 4 rings (SSSR count). The number of anilines is 1. The summed E-state index contributed by atoms with van der Waals surface area (Å²) in [5.74, 6) is 1.58. The van der Waals surface area contributed by atoms with Gasteiger partial charge in [0.15, 0.2) is 11.2 Å². The summed E-state index contributed by atoms with van der Waals surface area (Å²) in [6, 6.07) is 1.33. The van der Waals surface area contributed by atoms with Crippen LogP contribution in [0.2, 0.25) is 0 Å². The highest BCUT2D eigenvalue weighted by atomic mass is 16.1. The summed E-state index contributed by atoms with van der Waals surface area (Å²) < 4.78 is 0. The summed E-state index contributed by atoms with van der Waals surface area (Å²) in [6.45, 7) is 0. The molecule has 7 heteroatoms. The van der Waals surface area contributed by atoms with Crippen LogP contribution in [0.5, 0.6) is 0 Å². The fourth-order valence-electron chi connectivity index (χ4n) is 3.68. The maximum absolute atomic E-state index is 11.8. The monoisotopic (exact) mass is 274 g/mol. The molecule has 2 aromatic rings. The highest BCUT2D eigenvalue weighted by Crippen LogP contribution is 2.32. The summed E-state index contributed by atoms with van der Waals surface area (Å²) >= 11 is 0. The van der Waals surface area contributed by atoms with Gasteiger partial charge in [0.25, 0.3) is 5.56 Å². The summed E-state index contributed by atoms with van der Waals surface area (Å²) in [6.07, 6.45) is 5.85. The SMILES string of the molecule is Nc1nc2nc(CC3CC4CCC(C3)N4)[nH]c2c(=O)[nH]1. The van der Waals surface area contributed by atoms with Gasteiger partial charge in [-0.1, -0.05) is 0 Å². The second-order valence-electron chi connectivity index (χ2n) is 6.01. The number of hydrogen-bond donors (Lipinski definition) is 4. The van der Waals surface area contributed by atoms with Gasteiger partial charge in [0, 0.05) is 18.5 Å². The maximum Gasteiger partial charge on any atom is 0.278 e. The van der Waals surface area contributed by atoms with Gasteiger partial charge < -0.3 is 16.0 Å². The third kappa shape index (κ3) is 1.98. The Morgan fingerprint density at radius 3 is 2.65 bits per heavy atom. The molecule has 2 saturated heterocycles. The molecule has 2 unspecified atom stereocenters. The number of hydrogen-bond acceptors (Lipinski definition) is 5. The second-order valence-corrected chi connectivity index (χ2v) is 6.01. The first kappa shape index (κ1) is 11.9. The number of nitrogens with one attached hydrogen (secondary N) is 3. The van der Waals surface area contributed by atoms with Crippen molar-refractivity contribution in [2.24, 2.45) is 5.92 Å². The van der Waals surface area contributed by atoms with E-state index in [0.29, 0.717) is 29.2 Å². The average Bonchev–Trinajstić information content (AvgIpc) is 2.93. The first-order valence-corrected chi connectivity index (χ1v) is 7.18. The van der Waals surface area contributed by atoms with Crippen LogP contribution < -0.4 is 16.6 Å². The number of piperidine rings is 1. The van der Waals surface area contributed by atoms with Gasteiger partial charge in [-0.25, -0.2) is 4.98 Å². The van der Waals surface area contributed by atoms with Crippen LogP contribution in [0.3, 0.4) is 0 Å². The van der Waals surface area contributed by atoms with Crippen molar-refractivity contribution in [2.75, 3.05) is 5.73 Å². The van der Waals surface area contributed by atoms with E-state index >= 15 is 0 Å². The predicted octanol–water partition coefficient (Wildman–Crippen LogP) is 0.301. The third-order valence-corrected chi connectivity index (χ3v) is 4.48. The Hall–Kier alpha value is -1.89. The van der Waals surface area contributed by atoms with Crippen molar-refractivity contribution in [3.8, 4) is 0 Å². The molecule has 5 N–H and O–H groups in total. The van der Waals surface area contributed by atoms with Crippen molar-refractivity contribution in [2.45, 2.75) is 44.2 Å². The molecule has 4 heterocycles. The predicted molar refractivity (Wildman–Crippen MR) is 75.3 cm³/mol. The molecule has 0 spiro atoms. The van der Waals surface area contributed by atoms with Crippen molar-refractivity contribution in [3.63, 3.8) is 0 Å². The zero-order chi connectivity index (χ0) is 13.7. The van der Waals surface area contributed by atoms with Crippen LogP contribution in [0.1, 0.15) is 31.5 Å². The van der Waals surface area contributed by atoms with Crippen molar-refractivity contribution in [1.29, 1.82) is 0 Å². The van der Waals surface area contributed by atoms with Gasteiger partial charge in [-0.3, -0.25) is 9.78 Å². The van der Waals surface area contributed by atoms with Gasteiger partial charge >= 0.3 is 0 Å². The molecule has 2 aromatic heterocycles. The first-order chi connectivity index (χ1) is 9.67. The molecule has 2 aliphatic heterocycles. The number of nitrogens with zero attached hydrogens (tertiary/aromatic N) is 2. The summed E-state index contributed by atoms with van der Waals surface area (Å²) in [4.78, 5) is 25.8. The first-order valence-electron chi connectivity index (χ1n) is 7.18. The normalized spacial score (nSPS) is 29.1. The van der Waals surface area contributed by atoms with E-state index in [1.165, 1.54) is 25.7 Å². The Labute approximate surface area is 115 Å². The average molecular weight is 274 g/mol. The highest BCUT2D eigenvalue weighted by molar-refractivity contribution is 5.70. The van der Waals surface area contributed by atoms with E-state index in [1.807, 2.05) is 0 Å². The summed E-state index contributed by atoms with van der Waals surface area (Å²) in [7, 11) is 0. The molecule has 20 heavy (non-hydrogen) atoms. The summed E-state index contributed by atoms with van der Waals surface area (Å²) in [5, 5.41) is 3.63. The second kappa shape index (κ2) is 4.31. The lowest BCUT2D eigenvalue weighted by Crippen LogP contribution is -2.38. The fourth-order valence-corrected chi connectivity index (χ4v) is 3.68. The lowest BCUT2D eigenvalue weighted by atomic mass is 9.89. The number of aromatic nitrogens is 4. The number of nitrogen functional groups attached to an aromatic ring is 1. The number of imidazole rings is 1. The lowest BCUT2D eigenvalue weighted by molar-refractivity contribution is 0.295. The van der Waals surface area contributed by atoms with Crippen LogP contribution >= 0.6 is 0 Å². The van der Waals surface area contributed by atoms with E-state index in [1.54, 1.807) is 0 Å². The molecule has 0 saturated carbocycles. The minimum absolute atomic E-state index is 0.112. The molecule has 106 valence electrons. The molecule has 0 aliphatic carbocycles. The van der Waals surface area contributed by atoms with Crippen molar-refractivity contribution in [1.82, 2.24) is 25.3 Å². The smallest absolute Gasteiger partial charge is 0.278 e. The number of nitrogens with two attached hydrogens (primary N) is 1. The minimum atomic E-state index is -0.253. The largest absolute Gasteiger partial charge is 0.369 e. The molecule has 2 atom stereocenters. The van der Waals surface area contributed by atoms with Crippen LogP contribution in [0.25, 0.3) is 11.2 Å². The van der Waals surface area contributed by atoms with Crippen molar-refractivity contribution in [3.05, 3.63) is 16.2 Å². The van der Waals surface area contributed by atoms with Crippen molar-refractivity contribution < 1.29 is 0 Å². The molecule has 7 nitrogen and oxygen atoms in total. The molecule has 0 aromatic carbocycles. The Kier molecular flexibility index (Phi) is 2.56. The topological polar surface area (TPSA) is 112 Å². The summed E-state index contributed by atoms with van der Waals surface area (Å²) in [5.41, 5.74) is 6.12. The van der Waals surface area contributed by atoms with Crippen molar-refractivity contribution >= 4 is 17.1 Å². The molecular formula is C13H18N6O. The minimum Gasteiger partial charge on any atom is -0.369 e. The van der Waals surface area contributed by atoms with E-state index in [9.17, 15) is 4.79 Å². The van der Waals surface area contributed by atoms with Crippen LogP contribution in [0.15, 0.2) is 4.79 Å². The Bertz CT molecular complexity index is 692. The quantitative estimate of drug-likeness (QED) is 0.629. The van der Waals surface area contributed by atoms with Gasteiger partial charge in [0.2, 0.25) is 5.95 Å². The van der Waals surface area contributed by atoms with E-state index in [0.717, 1.165) is 12.2 Å². The number of H-pyrrole nitrogens is 2. The van der Waals surface area contributed by atoms with E-state index in [-0.39, 0.29) is 11.5 Å². The lowest BCUT2D eigenvalue weighted by Gasteiger charge is -2.28. The van der Waals surface area contributed by atoms with Gasteiger partial charge in [-0.05, 0) is 31.6 Å². The molecule has 0 radical (unpaired) electrons. The molecule has 2 aliphatic rings. The van der Waals surface area contributed by atoms with Crippen LogP contribution in [-0.2, 0) is 6.42 Å². The number of rotatable bonds is 2. The molecule has 0 amide bonds. The van der Waals surface area contributed by atoms with Gasteiger partial charge in [-0.2, -0.15) is 4.98 Å². The van der Waals surface area contributed by atoms with Gasteiger partial charge in [0.1, 0.15) is 5.82 Å². The Balaban J connectivity index is 1.60. The van der Waals surface area contributed by atoms with E-state index in [4.69, 9.17) is 5.73 Å². The van der Waals surface area contributed by atoms with Crippen LogP contribution in [0.4, 0.5) is 5.95 Å². The Morgan fingerprint density at radius 1 is 1.15 bits per heavy atom. The molecular weight excluding hydrogens is 256 g/mol.